The van der Waals surface area contributed by atoms with Crippen molar-refractivity contribution in [1.29, 1.82) is 0 Å². The Morgan fingerprint density at radius 3 is 2.70 bits per heavy atom. The first-order valence-electron chi connectivity index (χ1n) is 15.8. The van der Waals surface area contributed by atoms with E-state index < -0.39 is 27.3 Å². The number of ether oxygens (including phenoxy) is 2. The van der Waals surface area contributed by atoms with Crippen molar-refractivity contribution in [3.05, 3.63) is 70.3 Å². The zero-order chi connectivity index (χ0) is 31.4. The summed E-state index contributed by atoms with van der Waals surface area (Å²) in [6, 6.07) is 11.1. The predicted molar refractivity (Wildman–Crippen MR) is 174 cm³/mol. The molecule has 1 fully saturated rings. The molecule has 2 heterocycles. The summed E-state index contributed by atoms with van der Waals surface area (Å²) in [5, 5.41) is 9.89. The molecule has 2 bridgehead atoms. The van der Waals surface area contributed by atoms with Crippen LogP contribution in [0.2, 0.25) is 5.02 Å². The topological polar surface area (TPSA) is 105 Å². The van der Waals surface area contributed by atoms with Gasteiger partial charge in [0.2, 0.25) is 10.0 Å². The molecule has 3 aliphatic rings. The van der Waals surface area contributed by atoms with Crippen molar-refractivity contribution in [2.75, 3.05) is 24.6 Å². The van der Waals surface area contributed by atoms with Crippen LogP contribution in [-0.4, -0.2) is 56.6 Å². The van der Waals surface area contributed by atoms with Crippen LogP contribution >= 0.6 is 11.6 Å². The number of halogens is 1. The van der Waals surface area contributed by atoms with Gasteiger partial charge in [0.15, 0.2) is 0 Å². The number of fused-ring (bicyclic) bond motifs is 3. The molecule has 6 unspecified atom stereocenters. The summed E-state index contributed by atoms with van der Waals surface area (Å²) < 4.78 is 41.5. The fourth-order valence-electron chi connectivity index (χ4n) is 6.39. The zero-order valence-corrected chi connectivity index (χ0v) is 27.4. The second-order valence-electron chi connectivity index (χ2n) is 12.8. The van der Waals surface area contributed by atoms with Crippen molar-refractivity contribution in [1.82, 2.24) is 4.72 Å². The Morgan fingerprint density at radius 2 is 1.95 bits per heavy atom. The van der Waals surface area contributed by atoms with Crippen LogP contribution in [0.15, 0.2) is 48.6 Å². The molecule has 8 nitrogen and oxygen atoms in total. The van der Waals surface area contributed by atoms with Gasteiger partial charge >= 0.3 is 0 Å². The molecule has 0 radical (unpaired) electrons. The molecular formula is C34H45ClN2O6S. The highest BCUT2D eigenvalue weighted by atomic mass is 35.5. The lowest BCUT2D eigenvalue weighted by Crippen LogP contribution is -2.44. The number of hydrogen-bond donors (Lipinski definition) is 2. The highest BCUT2D eigenvalue weighted by molar-refractivity contribution is 7.90. The van der Waals surface area contributed by atoms with Crippen LogP contribution in [0.4, 0.5) is 5.69 Å². The number of benzene rings is 2. The first kappa shape index (κ1) is 32.8. The lowest BCUT2D eigenvalue weighted by molar-refractivity contribution is -0.0436. The normalized spacial score (nSPS) is 29.0. The van der Waals surface area contributed by atoms with E-state index in [9.17, 15) is 18.3 Å². The Labute approximate surface area is 266 Å². The smallest absolute Gasteiger partial charge is 0.264 e. The van der Waals surface area contributed by atoms with Crippen molar-refractivity contribution in [3.63, 3.8) is 0 Å². The first-order valence-corrected chi connectivity index (χ1v) is 17.8. The number of allylic oxidation sites excluding steroid dienone is 1. The molecule has 2 N–H and O–H groups in total. The largest absolute Gasteiger partial charge is 0.487 e. The molecule has 0 aromatic heterocycles. The van der Waals surface area contributed by atoms with Gasteiger partial charge in [0.1, 0.15) is 12.4 Å². The van der Waals surface area contributed by atoms with Gasteiger partial charge in [-0.3, -0.25) is 4.79 Å². The van der Waals surface area contributed by atoms with E-state index in [-0.39, 0.29) is 30.1 Å². The lowest BCUT2D eigenvalue weighted by Gasteiger charge is -2.44. The van der Waals surface area contributed by atoms with Gasteiger partial charge in [0.05, 0.1) is 29.8 Å². The number of aryl methyl sites for hydroxylation is 1. The van der Waals surface area contributed by atoms with E-state index in [1.165, 1.54) is 5.56 Å². The Morgan fingerprint density at radius 1 is 1.14 bits per heavy atom. The van der Waals surface area contributed by atoms with Gasteiger partial charge in [0, 0.05) is 23.7 Å². The summed E-state index contributed by atoms with van der Waals surface area (Å²) in [7, 11) is -3.93. The van der Waals surface area contributed by atoms with Crippen LogP contribution in [0.1, 0.15) is 74.4 Å². The van der Waals surface area contributed by atoms with Crippen molar-refractivity contribution >= 4 is 33.2 Å². The van der Waals surface area contributed by atoms with Crippen molar-refractivity contribution < 1.29 is 27.8 Å². The fraction of sp³-hybridized carbons (Fsp3) is 0.559. The molecule has 2 aromatic carbocycles. The molecule has 1 aliphatic carbocycles. The number of sulfonamides is 1. The Kier molecular flexibility index (Phi) is 10.6. The Bertz CT molecular complexity index is 1460. The number of anilines is 1. The maximum absolute atomic E-state index is 13.4. The minimum atomic E-state index is -3.93. The van der Waals surface area contributed by atoms with Crippen LogP contribution in [0, 0.1) is 17.8 Å². The summed E-state index contributed by atoms with van der Waals surface area (Å²) in [6.45, 7) is 7.32. The van der Waals surface area contributed by atoms with Crippen LogP contribution in [0.3, 0.4) is 0 Å². The number of carbonyl (C=O) groups is 1. The van der Waals surface area contributed by atoms with Crippen molar-refractivity contribution in [3.8, 4) is 5.75 Å². The summed E-state index contributed by atoms with van der Waals surface area (Å²) in [6.07, 6.45) is 8.64. The van der Waals surface area contributed by atoms with Gasteiger partial charge in [-0.05, 0) is 112 Å². The molecule has 240 valence electrons. The molecule has 0 saturated heterocycles. The third-order valence-corrected chi connectivity index (χ3v) is 11.6. The summed E-state index contributed by atoms with van der Waals surface area (Å²) in [5.74, 6) is 0.377. The second-order valence-corrected chi connectivity index (χ2v) is 15.2. The minimum Gasteiger partial charge on any atom is -0.487 e. The molecule has 2 aromatic rings. The third kappa shape index (κ3) is 7.79. The average Bonchev–Trinajstić information content (AvgIpc) is 2.99. The monoisotopic (exact) mass is 644 g/mol. The van der Waals surface area contributed by atoms with Crippen LogP contribution in [-0.2, 0) is 27.8 Å². The highest BCUT2D eigenvalue weighted by Crippen LogP contribution is 2.42. The second kappa shape index (κ2) is 14.2. The number of nitrogens with zero attached hydrogens (tertiary/aromatic N) is 1. The number of carbonyl (C=O) groups excluding carboxylic acids is 1. The molecule has 0 spiro atoms. The Hall–Kier alpha value is -2.59. The van der Waals surface area contributed by atoms with Crippen LogP contribution in [0.25, 0.3) is 0 Å². The van der Waals surface area contributed by atoms with Crippen LogP contribution in [0.5, 0.6) is 5.75 Å². The van der Waals surface area contributed by atoms with Gasteiger partial charge in [-0.2, -0.15) is 0 Å². The molecule has 1 amide bonds. The van der Waals surface area contributed by atoms with Crippen molar-refractivity contribution in [2.45, 2.75) is 83.4 Å². The van der Waals surface area contributed by atoms with Gasteiger partial charge in [0.25, 0.3) is 5.91 Å². The van der Waals surface area contributed by atoms with E-state index in [0.717, 1.165) is 56.4 Å². The number of nitrogens with one attached hydrogen (secondary N) is 1. The molecule has 2 aliphatic heterocycles. The van der Waals surface area contributed by atoms with E-state index in [4.69, 9.17) is 21.1 Å². The van der Waals surface area contributed by atoms with Gasteiger partial charge in [-0.1, -0.05) is 36.7 Å². The number of amides is 1. The number of hydrogen-bond acceptors (Lipinski definition) is 7. The highest BCUT2D eigenvalue weighted by Gasteiger charge is 2.38. The summed E-state index contributed by atoms with van der Waals surface area (Å²) in [5.41, 5.74) is 3.30. The van der Waals surface area contributed by atoms with Crippen LogP contribution < -0.4 is 14.4 Å². The molecule has 1 saturated carbocycles. The molecule has 6 atom stereocenters. The maximum atomic E-state index is 13.4. The maximum Gasteiger partial charge on any atom is 0.264 e. The molecule has 10 heteroatoms. The van der Waals surface area contributed by atoms with E-state index in [0.29, 0.717) is 29.7 Å². The molecule has 5 rings (SSSR count). The zero-order valence-electron chi connectivity index (χ0n) is 25.9. The SMILES string of the molecule is CC(O)COC1/C=C/CC(C)C(C)S(=O)(=O)NC(=O)c2ccc3c(c2)N(CCCCc2cc(Cl)ccc2CO3)CC2CCC21. The number of aliphatic hydroxyl groups excluding tert-OH is 1. The average molecular weight is 645 g/mol. The third-order valence-electron chi connectivity index (χ3n) is 9.48. The number of aliphatic hydroxyl groups is 1. The lowest BCUT2D eigenvalue weighted by atomic mass is 9.70. The summed E-state index contributed by atoms with van der Waals surface area (Å²) >= 11 is 6.33. The summed E-state index contributed by atoms with van der Waals surface area (Å²) in [4.78, 5) is 15.7. The van der Waals surface area contributed by atoms with Crippen molar-refractivity contribution in [2.24, 2.45) is 17.8 Å². The number of rotatable bonds is 3. The van der Waals surface area contributed by atoms with E-state index in [2.05, 4.69) is 9.62 Å². The van der Waals surface area contributed by atoms with Gasteiger partial charge in [-0.15, -0.1) is 0 Å². The standard InChI is InChI=1S/C34H45ClN2O6S/c1-22-7-6-9-32(42-20-23(2)38)30-14-11-27(30)19-37-16-5-4-8-25-17-29(35)13-10-28(25)21-43-33-15-12-26(18-31(33)37)34(39)36-44(40,41)24(22)3/h6,9-10,12-13,15,17-18,22-24,27,30,32,38H,4-5,7-8,11,14,16,19-21H2,1-3H3,(H,36,39)/b9-6+. The molecule has 44 heavy (non-hydrogen) atoms. The van der Waals surface area contributed by atoms with E-state index in [1.54, 1.807) is 32.0 Å². The van der Waals surface area contributed by atoms with E-state index in [1.807, 2.05) is 37.3 Å². The van der Waals surface area contributed by atoms with Gasteiger partial charge < -0.3 is 19.5 Å². The first-order chi connectivity index (χ1) is 21.0. The van der Waals surface area contributed by atoms with E-state index >= 15 is 0 Å². The fourth-order valence-corrected chi connectivity index (χ4v) is 7.87. The molecular weight excluding hydrogens is 600 g/mol. The Balaban J connectivity index is 1.54. The quantitative estimate of drug-likeness (QED) is 0.401. The predicted octanol–water partition coefficient (Wildman–Crippen LogP) is 5.90. The minimum absolute atomic E-state index is 0.180. The van der Waals surface area contributed by atoms with Gasteiger partial charge in [-0.25, -0.2) is 13.1 Å².